The lowest BCUT2D eigenvalue weighted by Crippen LogP contribution is -2.36. The molecule has 0 bridgehead atoms. The number of fused-ring (bicyclic) bond motifs is 1. The second-order valence-corrected chi connectivity index (χ2v) is 9.31. The quantitative estimate of drug-likeness (QED) is 0.259. The lowest BCUT2D eigenvalue weighted by molar-refractivity contribution is 0.0526. The van der Waals surface area contributed by atoms with E-state index in [1.54, 1.807) is 13.3 Å². The van der Waals surface area contributed by atoms with E-state index in [0.29, 0.717) is 35.8 Å². The van der Waals surface area contributed by atoms with Crippen LogP contribution in [0.4, 0.5) is 5.69 Å². The number of benzene rings is 2. The van der Waals surface area contributed by atoms with Gasteiger partial charge in [-0.15, -0.1) is 0 Å². The molecule has 0 saturated carbocycles. The van der Waals surface area contributed by atoms with Gasteiger partial charge < -0.3 is 23.7 Å². The molecule has 1 fully saturated rings. The molecule has 204 valence electrons. The molecule has 40 heavy (non-hydrogen) atoms. The van der Waals surface area contributed by atoms with Gasteiger partial charge in [0.1, 0.15) is 6.61 Å². The summed E-state index contributed by atoms with van der Waals surface area (Å²) in [6.07, 6.45) is 4.71. The van der Waals surface area contributed by atoms with Crippen molar-refractivity contribution in [1.82, 2.24) is 29.3 Å². The number of rotatable bonds is 9. The summed E-state index contributed by atoms with van der Waals surface area (Å²) in [5, 5.41) is 4.27. The number of nitrogens with zero attached hydrogens (tertiary/aromatic N) is 7. The third-order valence-corrected chi connectivity index (χ3v) is 6.59. The predicted molar refractivity (Wildman–Crippen MR) is 148 cm³/mol. The number of anilines is 1. The maximum atomic E-state index is 12.2. The number of esters is 1. The second-order valence-electron chi connectivity index (χ2n) is 9.31. The van der Waals surface area contributed by atoms with Crippen LogP contribution in [0.1, 0.15) is 28.4 Å². The van der Waals surface area contributed by atoms with Crippen molar-refractivity contribution in [3.63, 3.8) is 0 Å². The molecule has 0 aliphatic carbocycles. The molecule has 0 radical (unpaired) electrons. The normalized spacial score (nSPS) is 13.5. The smallest absolute Gasteiger partial charge is 0.341 e. The monoisotopic (exact) mass is 539 g/mol. The first-order valence-corrected chi connectivity index (χ1v) is 13.2. The van der Waals surface area contributed by atoms with Crippen LogP contribution in [-0.2, 0) is 22.6 Å². The van der Waals surface area contributed by atoms with E-state index in [1.165, 1.54) is 22.8 Å². The minimum atomic E-state index is -0.459. The number of imidazole rings is 1. The minimum Gasteiger partial charge on any atom is -0.471 e. The van der Waals surface area contributed by atoms with Crippen LogP contribution in [0.2, 0.25) is 0 Å². The third-order valence-electron chi connectivity index (χ3n) is 6.59. The zero-order valence-corrected chi connectivity index (χ0v) is 22.1. The third kappa shape index (κ3) is 5.50. The number of hydrogen-bond acceptors (Lipinski definition) is 9. The van der Waals surface area contributed by atoms with Gasteiger partial charge in [-0.2, -0.15) is 15.1 Å². The average molecular weight is 540 g/mol. The zero-order valence-electron chi connectivity index (χ0n) is 22.1. The van der Waals surface area contributed by atoms with Gasteiger partial charge in [0.2, 0.25) is 5.88 Å². The van der Waals surface area contributed by atoms with Gasteiger partial charge in [0.25, 0.3) is 5.95 Å². The van der Waals surface area contributed by atoms with Crippen LogP contribution in [0.5, 0.6) is 5.88 Å². The number of hydrogen-bond donors (Lipinski definition) is 0. The average Bonchev–Trinajstić information content (AvgIpc) is 3.65. The first-order chi connectivity index (χ1) is 19.7. The van der Waals surface area contributed by atoms with E-state index < -0.39 is 5.97 Å². The number of ether oxygens (including phenoxy) is 3. The van der Waals surface area contributed by atoms with Crippen molar-refractivity contribution in [1.29, 1.82) is 0 Å². The Labute approximate surface area is 231 Å². The summed E-state index contributed by atoms with van der Waals surface area (Å²) in [6.45, 7) is 6.12. The maximum absolute atomic E-state index is 12.2. The van der Waals surface area contributed by atoms with Crippen molar-refractivity contribution in [2.75, 3.05) is 37.8 Å². The van der Waals surface area contributed by atoms with Crippen LogP contribution in [0.15, 0.2) is 73.3 Å². The van der Waals surface area contributed by atoms with Crippen molar-refractivity contribution in [2.24, 2.45) is 0 Å². The molecule has 4 heterocycles. The molecule has 0 unspecified atom stereocenters. The molecule has 0 spiro atoms. The summed E-state index contributed by atoms with van der Waals surface area (Å²) in [4.78, 5) is 28.4. The molecule has 6 rings (SSSR count). The summed E-state index contributed by atoms with van der Waals surface area (Å²) in [5.41, 5.74) is 4.74. The number of carbonyl (C=O) groups excluding carboxylic acids is 1. The first kappa shape index (κ1) is 25.5. The van der Waals surface area contributed by atoms with Crippen LogP contribution >= 0.6 is 0 Å². The fraction of sp³-hybridized carbons (Fsp3) is 0.276. The highest BCUT2D eigenvalue weighted by molar-refractivity contribution is 5.88. The van der Waals surface area contributed by atoms with E-state index in [0.717, 1.165) is 37.4 Å². The van der Waals surface area contributed by atoms with E-state index in [4.69, 9.17) is 19.2 Å². The van der Waals surface area contributed by atoms with Crippen LogP contribution in [0.25, 0.3) is 17.1 Å². The predicted octanol–water partition coefficient (Wildman–Crippen LogP) is 3.65. The van der Waals surface area contributed by atoms with E-state index in [9.17, 15) is 4.79 Å². The molecular formula is C29H29N7O4. The fourth-order valence-corrected chi connectivity index (χ4v) is 4.61. The molecule has 2 aromatic carbocycles. The van der Waals surface area contributed by atoms with Crippen molar-refractivity contribution < 1.29 is 19.0 Å². The zero-order chi connectivity index (χ0) is 27.3. The molecule has 0 amide bonds. The number of morpholine rings is 1. The van der Waals surface area contributed by atoms with Crippen molar-refractivity contribution in [3.05, 3.63) is 90.0 Å². The van der Waals surface area contributed by atoms with Gasteiger partial charge in [0.05, 0.1) is 37.9 Å². The Morgan fingerprint density at radius 3 is 2.67 bits per heavy atom. The summed E-state index contributed by atoms with van der Waals surface area (Å²) < 4.78 is 20.3. The molecule has 11 nitrogen and oxygen atoms in total. The first-order valence-electron chi connectivity index (χ1n) is 13.2. The molecule has 11 heteroatoms. The Morgan fingerprint density at radius 2 is 1.85 bits per heavy atom. The van der Waals surface area contributed by atoms with E-state index in [-0.39, 0.29) is 12.6 Å². The molecule has 5 aromatic rings. The van der Waals surface area contributed by atoms with Gasteiger partial charge in [0, 0.05) is 31.5 Å². The van der Waals surface area contributed by atoms with E-state index in [2.05, 4.69) is 44.2 Å². The number of aromatic nitrogens is 6. The molecule has 0 atom stereocenters. The van der Waals surface area contributed by atoms with Gasteiger partial charge in [-0.1, -0.05) is 42.5 Å². The summed E-state index contributed by atoms with van der Waals surface area (Å²) in [6, 6.07) is 18.4. The molecule has 1 saturated heterocycles. The summed E-state index contributed by atoms with van der Waals surface area (Å²) >= 11 is 0. The highest BCUT2D eigenvalue weighted by Gasteiger charge is 2.19. The lowest BCUT2D eigenvalue weighted by atomic mass is 10.1. The van der Waals surface area contributed by atoms with Gasteiger partial charge >= 0.3 is 5.97 Å². The minimum absolute atomic E-state index is 0.241. The Balaban J connectivity index is 1.34. The molecule has 1 aliphatic rings. The Hall–Kier alpha value is -4.77. The standard InChI is InChI=1S/C29H29N7O4/c1-2-39-28(37)23-16-31-36(18-23)29-32-26-25(27(33-29)40-19-21-7-4-3-5-8-21)35(20-30-26)17-22-9-6-10-24(15-22)34-11-13-38-14-12-34/h3-10,15-16,18,20H,2,11-14,17,19H2,1H3. The van der Waals surface area contributed by atoms with Crippen molar-refractivity contribution in [2.45, 2.75) is 20.1 Å². The van der Waals surface area contributed by atoms with Gasteiger partial charge in [-0.05, 0) is 30.2 Å². The van der Waals surface area contributed by atoms with Gasteiger partial charge in [-0.3, -0.25) is 0 Å². The molecule has 1 aliphatic heterocycles. The Kier molecular flexibility index (Phi) is 7.36. The molecule has 3 aromatic heterocycles. The van der Waals surface area contributed by atoms with E-state index in [1.807, 2.05) is 34.9 Å². The highest BCUT2D eigenvalue weighted by Crippen LogP contribution is 2.26. The van der Waals surface area contributed by atoms with Crippen LogP contribution in [0, 0.1) is 0 Å². The van der Waals surface area contributed by atoms with Crippen molar-refractivity contribution in [3.8, 4) is 11.8 Å². The van der Waals surface area contributed by atoms with Crippen LogP contribution in [-0.4, -0.2) is 68.2 Å². The van der Waals surface area contributed by atoms with Crippen LogP contribution < -0.4 is 9.64 Å². The fourth-order valence-electron chi connectivity index (χ4n) is 4.61. The molecule has 0 N–H and O–H groups in total. The van der Waals surface area contributed by atoms with Gasteiger partial charge in [0.15, 0.2) is 11.2 Å². The van der Waals surface area contributed by atoms with E-state index >= 15 is 0 Å². The summed E-state index contributed by atoms with van der Waals surface area (Å²) in [5.74, 6) is 0.156. The SMILES string of the molecule is CCOC(=O)c1cnn(-c2nc(OCc3ccccc3)c3c(ncn3Cc3cccc(N4CCOCC4)c3)n2)c1. The van der Waals surface area contributed by atoms with Crippen molar-refractivity contribution >= 4 is 22.8 Å². The maximum Gasteiger partial charge on any atom is 0.341 e. The largest absolute Gasteiger partial charge is 0.471 e. The Morgan fingerprint density at radius 1 is 1.02 bits per heavy atom. The Bertz CT molecular complexity index is 1610. The lowest BCUT2D eigenvalue weighted by Gasteiger charge is -2.29. The molecular weight excluding hydrogens is 510 g/mol. The summed E-state index contributed by atoms with van der Waals surface area (Å²) in [7, 11) is 0. The van der Waals surface area contributed by atoms with Gasteiger partial charge in [-0.25, -0.2) is 14.5 Å². The highest BCUT2D eigenvalue weighted by atomic mass is 16.5. The topological polar surface area (TPSA) is 109 Å². The number of carbonyl (C=O) groups is 1. The second kappa shape index (κ2) is 11.5. The van der Waals surface area contributed by atoms with Crippen LogP contribution in [0.3, 0.4) is 0 Å².